The van der Waals surface area contributed by atoms with Crippen molar-refractivity contribution in [2.45, 2.75) is 51.6 Å². The average molecular weight is 602 g/mol. The van der Waals surface area contributed by atoms with Crippen LogP contribution in [0.4, 0.5) is 14.5 Å². The van der Waals surface area contributed by atoms with Gasteiger partial charge in [0.05, 0.1) is 17.2 Å². The van der Waals surface area contributed by atoms with Gasteiger partial charge in [-0.1, -0.05) is 32.9 Å². The number of hydrogen-bond donors (Lipinski definition) is 1. The Bertz CT molecular complexity index is 1430. The number of benzene rings is 3. The van der Waals surface area contributed by atoms with Crippen LogP contribution < -0.4 is 14.4 Å². The number of amides is 2. The van der Waals surface area contributed by atoms with E-state index in [2.05, 4.69) is 5.32 Å². The topological polar surface area (TPSA) is 96.0 Å². The Morgan fingerprint density at radius 3 is 1.98 bits per heavy atom. The first-order valence-electron chi connectivity index (χ1n) is 13.8. The fraction of sp³-hybridized carbons (Fsp3) is 0.355. The summed E-state index contributed by atoms with van der Waals surface area (Å²) in [7, 11) is -4.32. The molecule has 0 aliphatic heterocycles. The van der Waals surface area contributed by atoms with Gasteiger partial charge >= 0.3 is 0 Å². The van der Waals surface area contributed by atoms with E-state index < -0.39 is 40.2 Å². The van der Waals surface area contributed by atoms with Gasteiger partial charge in [-0.25, -0.2) is 17.2 Å². The molecule has 1 atom stereocenters. The highest BCUT2D eigenvalue weighted by Gasteiger charge is 2.33. The maximum Gasteiger partial charge on any atom is 0.264 e. The van der Waals surface area contributed by atoms with E-state index in [9.17, 15) is 26.8 Å². The molecule has 8 nitrogen and oxygen atoms in total. The Morgan fingerprint density at radius 2 is 1.45 bits per heavy atom. The molecule has 0 spiro atoms. The molecule has 1 N–H and O–H groups in total. The van der Waals surface area contributed by atoms with Crippen molar-refractivity contribution in [2.24, 2.45) is 5.92 Å². The summed E-state index contributed by atoms with van der Waals surface area (Å²) >= 11 is 0. The standard InChI is InChI=1S/C31H37F2N3O5S/c1-5-29(31(38)34-19-22(3)4)35(20-23-7-9-24(32)10-8-23)30(37)21-36(26-13-11-25(33)12-14-26)42(39,40)28-17-15-27(16-18-28)41-6-2/h7-18,22,29H,5-6,19-21H2,1-4H3,(H,34,38)/t29-/m0/s1. The molecule has 0 radical (unpaired) electrons. The summed E-state index contributed by atoms with van der Waals surface area (Å²) in [5, 5.41) is 2.85. The van der Waals surface area contributed by atoms with E-state index in [4.69, 9.17) is 4.74 Å². The lowest BCUT2D eigenvalue weighted by molar-refractivity contribution is -0.140. The number of nitrogens with one attached hydrogen (secondary N) is 1. The summed E-state index contributed by atoms with van der Waals surface area (Å²) in [6.45, 7) is 7.49. The Morgan fingerprint density at radius 1 is 0.881 bits per heavy atom. The zero-order chi connectivity index (χ0) is 30.9. The Labute approximate surface area is 246 Å². The molecule has 0 aliphatic rings. The molecule has 2 amide bonds. The van der Waals surface area contributed by atoms with Gasteiger partial charge in [0.15, 0.2) is 0 Å². The lowest BCUT2D eigenvalue weighted by Gasteiger charge is -2.33. The molecule has 226 valence electrons. The number of sulfonamides is 1. The van der Waals surface area contributed by atoms with Crippen molar-refractivity contribution in [3.63, 3.8) is 0 Å². The third-order valence-corrected chi connectivity index (χ3v) is 8.24. The zero-order valence-corrected chi connectivity index (χ0v) is 25.0. The van der Waals surface area contributed by atoms with Gasteiger partial charge in [0.25, 0.3) is 10.0 Å². The fourth-order valence-electron chi connectivity index (χ4n) is 4.27. The smallest absolute Gasteiger partial charge is 0.264 e. The van der Waals surface area contributed by atoms with Crippen LogP contribution in [0.25, 0.3) is 0 Å². The average Bonchev–Trinajstić information content (AvgIpc) is 2.96. The molecule has 0 bridgehead atoms. The lowest BCUT2D eigenvalue weighted by atomic mass is 10.1. The van der Waals surface area contributed by atoms with Gasteiger partial charge in [0, 0.05) is 13.1 Å². The summed E-state index contributed by atoms with van der Waals surface area (Å²) < 4.78 is 61.5. The molecule has 11 heteroatoms. The highest BCUT2D eigenvalue weighted by atomic mass is 32.2. The Kier molecular flexibility index (Phi) is 11.4. The van der Waals surface area contributed by atoms with E-state index in [1.54, 1.807) is 13.8 Å². The van der Waals surface area contributed by atoms with E-state index in [-0.39, 0.29) is 35.4 Å². The first-order valence-corrected chi connectivity index (χ1v) is 15.2. The van der Waals surface area contributed by atoms with Crippen LogP contribution in [-0.2, 0) is 26.2 Å². The quantitative estimate of drug-likeness (QED) is 0.276. The van der Waals surface area contributed by atoms with E-state index in [0.717, 1.165) is 16.4 Å². The zero-order valence-electron chi connectivity index (χ0n) is 24.2. The molecule has 0 saturated heterocycles. The number of anilines is 1. The Balaban J connectivity index is 2.03. The van der Waals surface area contributed by atoms with Crippen LogP contribution in [-0.4, -0.2) is 50.9 Å². The first-order chi connectivity index (χ1) is 20.0. The molecule has 3 aromatic rings. The van der Waals surface area contributed by atoms with Crippen LogP contribution in [0, 0.1) is 17.6 Å². The second kappa shape index (κ2) is 14.8. The summed E-state index contributed by atoms with van der Waals surface area (Å²) in [5.74, 6) is -1.43. The van der Waals surface area contributed by atoms with Crippen molar-refractivity contribution in [3.05, 3.63) is 90.0 Å². The largest absolute Gasteiger partial charge is 0.494 e. The van der Waals surface area contributed by atoms with Gasteiger partial charge in [0.1, 0.15) is 30.0 Å². The van der Waals surface area contributed by atoms with E-state index in [1.165, 1.54) is 65.6 Å². The second-order valence-corrected chi connectivity index (χ2v) is 12.0. The van der Waals surface area contributed by atoms with Crippen molar-refractivity contribution in [1.29, 1.82) is 0 Å². The molecule has 0 aromatic heterocycles. The van der Waals surface area contributed by atoms with E-state index >= 15 is 0 Å². The minimum atomic E-state index is -4.32. The lowest BCUT2D eigenvalue weighted by Crippen LogP contribution is -2.52. The number of hydrogen-bond acceptors (Lipinski definition) is 5. The molecular formula is C31H37F2N3O5S. The van der Waals surface area contributed by atoms with Crippen molar-refractivity contribution >= 4 is 27.5 Å². The number of carbonyl (C=O) groups excluding carboxylic acids is 2. The minimum absolute atomic E-state index is 0.0624. The van der Waals surface area contributed by atoms with Crippen LogP contribution in [0.2, 0.25) is 0 Å². The number of nitrogens with zero attached hydrogens (tertiary/aromatic N) is 2. The maximum absolute atomic E-state index is 14.0. The Hall–Kier alpha value is -3.99. The summed E-state index contributed by atoms with van der Waals surface area (Å²) in [6.07, 6.45) is 0.249. The summed E-state index contributed by atoms with van der Waals surface area (Å²) in [5.41, 5.74) is 0.625. The molecular weight excluding hydrogens is 564 g/mol. The van der Waals surface area contributed by atoms with Crippen LogP contribution in [0.5, 0.6) is 5.75 Å². The van der Waals surface area contributed by atoms with Crippen molar-refractivity contribution in [3.8, 4) is 5.75 Å². The second-order valence-electron chi connectivity index (χ2n) is 10.1. The van der Waals surface area contributed by atoms with Gasteiger partial charge < -0.3 is 15.0 Å². The number of halogens is 2. The third-order valence-electron chi connectivity index (χ3n) is 6.45. The molecule has 0 saturated carbocycles. The van der Waals surface area contributed by atoms with Gasteiger partial charge in [-0.05, 0) is 85.5 Å². The normalized spacial score (nSPS) is 12.1. The molecule has 0 fully saturated rings. The molecule has 0 heterocycles. The molecule has 3 rings (SSSR count). The number of rotatable bonds is 14. The van der Waals surface area contributed by atoms with Crippen LogP contribution >= 0.6 is 0 Å². The van der Waals surface area contributed by atoms with Gasteiger partial charge in [-0.2, -0.15) is 0 Å². The summed E-state index contributed by atoms with van der Waals surface area (Å²) in [6, 6.07) is 15.1. The van der Waals surface area contributed by atoms with Crippen molar-refractivity contribution in [1.82, 2.24) is 10.2 Å². The first kappa shape index (κ1) is 32.5. The predicted octanol–water partition coefficient (Wildman–Crippen LogP) is 5.14. The molecule has 42 heavy (non-hydrogen) atoms. The highest BCUT2D eigenvalue weighted by molar-refractivity contribution is 7.92. The SMILES string of the molecule is CCOc1ccc(S(=O)(=O)N(CC(=O)N(Cc2ccc(F)cc2)[C@@H](CC)C(=O)NCC(C)C)c2ccc(F)cc2)cc1. The number of carbonyl (C=O) groups is 2. The van der Waals surface area contributed by atoms with Gasteiger partial charge in [-0.15, -0.1) is 0 Å². The van der Waals surface area contributed by atoms with E-state index in [1.807, 2.05) is 13.8 Å². The van der Waals surface area contributed by atoms with Crippen molar-refractivity contribution in [2.75, 3.05) is 24.0 Å². The van der Waals surface area contributed by atoms with Crippen LogP contribution in [0.3, 0.4) is 0 Å². The maximum atomic E-state index is 14.0. The molecule has 3 aromatic carbocycles. The van der Waals surface area contributed by atoms with Gasteiger partial charge in [0.2, 0.25) is 11.8 Å². The molecule has 0 unspecified atom stereocenters. The van der Waals surface area contributed by atoms with Crippen molar-refractivity contribution < 1.29 is 31.5 Å². The summed E-state index contributed by atoms with van der Waals surface area (Å²) in [4.78, 5) is 28.4. The highest BCUT2D eigenvalue weighted by Crippen LogP contribution is 2.26. The van der Waals surface area contributed by atoms with E-state index in [0.29, 0.717) is 24.5 Å². The minimum Gasteiger partial charge on any atom is -0.494 e. The predicted molar refractivity (Wildman–Crippen MR) is 157 cm³/mol. The third kappa shape index (κ3) is 8.51. The van der Waals surface area contributed by atoms with Crippen LogP contribution in [0.1, 0.15) is 39.7 Å². The number of ether oxygens (including phenoxy) is 1. The monoisotopic (exact) mass is 601 g/mol. The fourth-order valence-corrected chi connectivity index (χ4v) is 5.68. The van der Waals surface area contributed by atoms with Gasteiger partial charge in [-0.3, -0.25) is 13.9 Å². The molecule has 0 aliphatic carbocycles. The van der Waals surface area contributed by atoms with Crippen LogP contribution in [0.15, 0.2) is 77.7 Å².